The molecule has 3 rings (SSSR count). The first-order valence-corrected chi connectivity index (χ1v) is 7.05. The van der Waals surface area contributed by atoms with Crippen LogP contribution >= 0.6 is 0 Å². The highest BCUT2D eigenvalue weighted by Gasteiger charge is 2.37. The molecule has 3 aromatic rings. The van der Waals surface area contributed by atoms with Crippen LogP contribution in [0, 0.1) is 5.82 Å². The predicted octanol–water partition coefficient (Wildman–Crippen LogP) is 3.48. The third kappa shape index (κ3) is 2.89. The standard InChI is InChI=1S/C15H13F4N5/c1-9(10-3-5-11(16)6-4-10)23(2)13-8-7-12-20-21-14(15(17,18)19)24(12)22-13/h3-9H,1-2H3. The largest absolute Gasteiger partial charge is 0.453 e. The lowest BCUT2D eigenvalue weighted by Gasteiger charge is -2.26. The molecule has 0 aliphatic heterocycles. The number of halogens is 4. The fourth-order valence-corrected chi connectivity index (χ4v) is 2.31. The lowest BCUT2D eigenvalue weighted by molar-refractivity contribution is -0.146. The number of nitrogens with zero attached hydrogens (tertiary/aromatic N) is 5. The van der Waals surface area contributed by atoms with E-state index >= 15 is 0 Å². The second kappa shape index (κ2) is 5.73. The fraction of sp³-hybridized carbons (Fsp3) is 0.267. The number of aromatic nitrogens is 4. The Kier molecular flexibility index (Phi) is 3.86. The molecule has 1 aromatic carbocycles. The van der Waals surface area contributed by atoms with Crippen LogP contribution in [0.25, 0.3) is 5.65 Å². The Morgan fingerprint density at radius 3 is 2.33 bits per heavy atom. The van der Waals surface area contributed by atoms with Gasteiger partial charge in [-0.25, -0.2) is 4.39 Å². The van der Waals surface area contributed by atoms with Crippen molar-refractivity contribution in [3.05, 3.63) is 53.6 Å². The van der Waals surface area contributed by atoms with E-state index < -0.39 is 12.0 Å². The molecule has 0 radical (unpaired) electrons. The zero-order valence-corrected chi connectivity index (χ0v) is 12.8. The highest BCUT2D eigenvalue weighted by Crippen LogP contribution is 2.29. The number of rotatable bonds is 3. The van der Waals surface area contributed by atoms with Crippen molar-refractivity contribution in [3.8, 4) is 0 Å². The maximum atomic E-state index is 13.0. The van der Waals surface area contributed by atoms with Crippen molar-refractivity contribution < 1.29 is 17.6 Å². The van der Waals surface area contributed by atoms with E-state index in [2.05, 4.69) is 15.3 Å². The van der Waals surface area contributed by atoms with E-state index in [0.29, 0.717) is 10.3 Å². The van der Waals surface area contributed by atoms with E-state index in [9.17, 15) is 17.6 Å². The van der Waals surface area contributed by atoms with Gasteiger partial charge in [0.05, 0.1) is 6.04 Å². The quantitative estimate of drug-likeness (QED) is 0.686. The normalized spacial score (nSPS) is 13.2. The first kappa shape index (κ1) is 16.2. The van der Waals surface area contributed by atoms with Gasteiger partial charge in [0.15, 0.2) is 5.65 Å². The Bertz CT molecular complexity index is 856. The first-order chi connectivity index (χ1) is 11.3. The third-order valence-electron chi connectivity index (χ3n) is 3.80. The van der Waals surface area contributed by atoms with Crippen LogP contribution < -0.4 is 4.90 Å². The summed E-state index contributed by atoms with van der Waals surface area (Å²) >= 11 is 0. The van der Waals surface area contributed by atoms with Crippen LogP contribution in [0.3, 0.4) is 0 Å². The van der Waals surface area contributed by atoms with Crippen molar-refractivity contribution in [1.82, 2.24) is 19.8 Å². The molecule has 1 atom stereocenters. The summed E-state index contributed by atoms with van der Waals surface area (Å²) in [5.74, 6) is -1.22. The average molecular weight is 339 g/mol. The number of hydrogen-bond acceptors (Lipinski definition) is 4. The summed E-state index contributed by atoms with van der Waals surface area (Å²) in [4.78, 5) is 1.69. The smallest absolute Gasteiger partial charge is 0.351 e. The van der Waals surface area contributed by atoms with Crippen LogP contribution in [0.5, 0.6) is 0 Å². The molecule has 9 heteroatoms. The third-order valence-corrected chi connectivity index (χ3v) is 3.80. The minimum atomic E-state index is -4.65. The van der Waals surface area contributed by atoms with Crippen LogP contribution in [0.1, 0.15) is 24.4 Å². The summed E-state index contributed by atoms with van der Waals surface area (Å²) in [6, 6.07) is 8.66. The van der Waals surface area contributed by atoms with Gasteiger partial charge in [-0.2, -0.15) is 17.7 Å². The lowest BCUT2D eigenvalue weighted by Crippen LogP contribution is -2.24. The van der Waals surface area contributed by atoms with Gasteiger partial charge in [-0.1, -0.05) is 12.1 Å². The van der Waals surface area contributed by atoms with Gasteiger partial charge in [0.2, 0.25) is 0 Å². The zero-order chi connectivity index (χ0) is 17.5. The molecule has 0 saturated heterocycles. The summed E-state index contributed by atoms with van der Waals surface area (Å²) in [6.07, 6.45) is -4.65. The van der Waals surface area contributed by atoms with Crippen LogP contribution in [0.15, 0.2) is 36.4 Å². The minimum absolute atomic E-state index is 0.00825. The monoisotopic (exact) mass is 339 g/mol. The van der Waals surface area contributed by atoms with Crippen molar-refractivity contribution in [1.29, 1.82) is 0 Å². The van der Waals surface area contributed by atoms with Crippen molar-refractivity contribution in [2.45, 2.75) is 19.1 Å². The SMILES string of the molecule is CC(c1ccc(F)cc1)N(C)c1ccc2nnc(C(F)(F)F)n2n1. The molecule has 0 aliphatic rings. The topological polar surface area (TPSA) is 46.3 Å². The molecule has 24 heavy (non-hydrogen) atoms. The highest BCUT2D eigenvalue weighted by molar-refractivity contribution is 5.47. The second-order valence-electron chi connectivity index (χ2n) is 5.32. The molecule has 0 N–H and O–H groups in total. The van der Waals surface area contributed by atoms with Gasteiger partial charge in [-0.3, -0.25) is 0 Å². The summed E-state index contributed by atoms with van der Waals surface area (Å²) in [5.41, 5.74) is 0.814. The van der Waals surface area contributed by atoms with E-state index in [-0.39, 0.29) is 17.5 Å². The van der Waals surface area contributed by atoms with E-state index in [1.807, 2.05) is 6.92 Å². The molecule has 1 unspecified atom stereocenters. The molecule has 0 aliphatic carbocycles. The van der Waals surface area contributed by atoms with Crippen LogP contribution in [-0.4, -0.2) is 26.9 Å². The molecule has 2 heterocycles. The molecule has 126 valence electrons. The Balaban J connectivity index is 1.97. The molecule has 2 aromatic heterocycles. The molecule has 0 bridgehead atoms. The van der Waals surface area contributed by atoms with E-state index in [1.165, 1.54) is 18.2 Å². The van der Waals surface area contributed by atoms with Crippen molar-refractivity contribution >= 4 is 11.5 Å². The Hall–Kier alpha value is -2.71. The lowest BCUT2D eigenvalue weighted by atomic mass is 10.1. The zero-order valence-electron chi connectivity index (χ0n) is 12.8. The number of benzene rings is 1. The van der Waals surface area contributed by atoms with Gasteiger partial charge in [-0.05, 0) is 36.8 Å². The predicted molar refractivity (Wildman–Crippen MR) is 79.0 cm³/mol. The van der Waals surface area contributed by atoms with Gasteiger partial charge < -0.3 is 4.90 Å². The van der Waals surface area contributed by atoms with Gasteiger partial charge in [-0.15, -0.1) is 15.3 Å². The van der Waals surface area contributed by atoms with Crippen LogP contribution in [-0.2, 0) is 6.18 Å². The Labute approximate surface area is 134 Å². The molecule has 0 fully saturated rings. The van der Waals surface area contributed by atoms with Crippen LogP contribution in [0.2, 0.25) is 0 Å². The van der Waals surface area contributed by atoms with Gasteiger partial charge in [0.1, 0.15) is 11.6 Å². The average Bonchev–Trinajstić information content (AvgIpc) is 2.97. The minimum Gasteiger partial charge on any atom is -0.351 e. The highest BCUT2D eigenvalue weighted by atomic mass is 19.4. The number of anilines is 1. The summed E-state index contributed by atoms with van der Waals surface area (Å²) in [7, 11) is 1.69. The molecule has 0 amide bonds. The Morgan fingerprint density at radius 1 is 1.04 bits per heavy atom. The van der Waals surface area contributed by atoms with Crippen molar-refractivity contribution in [3.63, 3.8) is 0 Å². The van der Waals surface area contributed by atoms with E-state index in [0.717, 1.165) is 5.56 Å². The number of hydrogen-bond donors (Lipinski definition) is 0. The maximum Gasteiger partial charge on any atom is 0.453 e. The van der Waals surface area contributed by atoms with E-state index in [1.54, 1.807) is 30.1 Å². The summed E-state index contributed by atoms with van der Waals surface area (Å²) in [6.45, 7) is 1.84. The van der Waals surface area contributed by atoms with Gasteiger partial charge in [0, 0.05) is 7.05 Å². The van der Waals surface area contributed by atoms with Crippen molar-refractivity contribution in [2.75, 3.05) is 11.9 Å². The number of alkyl halides is 3. The van der Waals surface area contributed by atoms with E-state index in [4.69, 9.17) is 0 Å². The number of fused-ring (bicyclic) bond motifs is 1. The van der Waals surface area contributed by atoms with Crippen LogP contribution in [0.4, 0.5) is 23.4 Å². The summed E-state index contributed by atoms with van der Waals surface area (Å²) < 4.78 is 52.5. The molecular weight excluding hydrogens is 326 g/mol. The fourth-order valence-electron chi connectivity index (χ4n) is 2.31. The molecular formula is C15H13F4N5. The maximum absolute atomic E-state index is 13.0. The van der Waals surface area contributed by atoms with Gasteiger partial charge >= 0.3 is 6.18 Å². The van der Waals surface area contributed by atoms with Crippen molar-refractivity contribution in [2.24, 2.45) is 0 Å². The second-order valence-corrected chi connectivity index (χ2v) is 5.32. The Morgan fingerprint density at radius 2 is 1.71 bits per heavy atom. The molecule has 0 saturated carbocycles. The molecule has 5 nitrogen and oxygen atoms in total. The molecule has 0 spiro atoms. The summed E-state index contributed by atoms with van der Waals surface area (Å²) in [5, 5.41) is 10.6. The first-order valence-electron chi connectivity index (χ1n) is 7.05. The van der Waals surface area contributed by atoms with Gasteiger partial charge in [0.25, 0.3) is 5.82 Å².